The molecule has 1 fully saturated rings. The van der Waals surface area contributed by atoms with Crippen LogP contribution in [0.3, 0.4) is 0 Å². The Bertz CT molecular complexity index is 1120. The van der Waals surface area contributed by atoms with Crippen molar-refractivity contribution >= 4 is 41.2 Å². The summed E-state index contributed by atoms with van der Waals surface area (Å²) in [6.07, 6.45) is 2.91. The first-order valence-electron chi connectivity index (χ1n) is 9.92. The van der Waals surface area contributed by atoms with Gasteiger partial charge in [-0.2, -0.15) is 0 Å². The van der Waals surface area contributed by atoms with Gasteiger partial charge >= 0.3 is 6.03 Å². The number of ether oxygens (including phenoxy) is 2. The SMILES string of the molecule is C=CCN1C(=O)N/C(=C/c2cc(Cl)c(OCC(=O)Nc3ccc(F)cc3)c(OCC)c2)C1=O. The van der Waals surface area contributed by atoms with Gasteiger partial charge in [-0.1, -0.05) is 17.7 Å². The Labute approximate surface area is 194 Å². The van der Waals surface area contributed by atoms with Crippen LogP contribution in [0.5, 0.6) is 11.5 Å². The summed E-state index contributed by atoms with van der Waals surface area (Å²) in [5.74, 6) is -0.990. The molecule has 2 aromatic rings. The van der Waals surface area contributed by atoms with Gasteiger partial charge in [0.2, 0.25) is 0 Å². The standard InChI is InChI=1S/C23H21ClFN3O5/c1-3-9-28-22(30)18(27-23(28)31)11-14-10-17(24)21(19(12-14)32-4-2)33-13-20(29)26-16-7-5-15(25)6-8-16/h3,5-8,10-12H,1,4,9,13H2,2H3,(H,26,29)(H,27,31)/b18-11+. The average molecular weight is 474 g/mol. The van der Waals surface area contributed by atoms with Crippen molar-refractivity contribution in [3.05, 3.63) is 71.2 Å². The molecule has 2 N–H and O–H groups in total. The molecule has 1 aliphatic rings. The molecule has 0 aliphatic carbocycles. The summed E-state index contributed by atoms with van der Waals surface area (Å²) in [7, 11) is 0. The molecule has 3 rings (SSSR count). The number of carbonyl (C=O) groups excluding carboxylic acids is 3. The number of imide groups is 1. The van der Waals surface area contributed by atoms with E-state index >= 15 is 0 Å². The second-order valence-electron chi connectivity index (χ2n) is 6.80. The molecule has 0 saturated carbocycles. The Morgan fingerprint density at radius 1 is 1.24 bits per heavy atom. The van der Waals surface area contributed by atoms with Gasteiger partial charge in [-0.15, -0.1) is 6.58 Å². The highest BCUT2D eigenvalue weighted by Gasteiger charge is 2.32. The molecule has 1 saturated heterocycles. The topological polar surface area (TPSA) is 97.0 Å². The number of benzene rings is 2. The van der Waals surface area contributed by atoms with E-state index in [1.807, 2.05) is 0 Å². The summed E-state index contributed by atoms with van der Waals surface area (Å²) in [6, 6.07) is 7.84. The number of anilines is 1. The highest BCUT2D eigenvalue weighted by atomic mass is 35.5. The monoisotopic (exact) mass is 473 g/mol. The third kappa shape index (κ3) is 5.89. The van der Waals surface area contributed by atoms with E-state index < -0.39 is 23.7 Å². The Balaban J connectivity index is 1.76. The first kappa shape index (κ1) is 23.8. The summed E-state index contributed by atoms with van der Waals surface area (Å²) < 4.78 is 24.2. The zero-order valence-electron chi connectivity index (χ0n) is 17.7. The van der Waals surface area contributed by atoms with Gasteiger partial charge in [-0.05, 0) is 55.0 Å². The van der Waals surface area contributed by atoms with Gasteiger partial charge in [-0.3, -0.25) is 14.5 Å². The maximum Gasteiger partial charge on any atom is 0.329 e. The molecule has 33 heavy (non-hydrogen) atoms. The van der Waals surface area contributed by atoms with Gasteiger partial charge < -0.3 is 20.1 Å². The minimum Gasteiger partial charge on any atom is -0.490 e. The first-order valence-corrected chi connectivity index (χ1v) is 10.3. The van der Waals surface area contributed by atoms with E-state index in [1.165, 1.54) is 42.5 Å². The number of nitrogens with one attached hydrogen (secondary N) is 2. The minimum absolute atomic E-state index is 0.0766. The van der Waals surface area contributed by atoms with Crippen LogP contribution in [0.1, 0.15) is 12.5 Å². The van der Waals surface area contributed by atoms with Crippen LogP contribution in [0.2, 0.25) is 5.02 Å². The van der Waals surface area contributed by atoms with Crippen LogP contribution >= 0.6 is 11.6 Å². The van der Waals surface area contributed by atoms with Crippen molar-refractivity contribution in [3.8, 4) is 11.5 Å². The van der Waals surface area contributed by atoms with E-state index in [1.54, 1.807) is 13.0 Å². The van der Waals surface area contributed by atoms with Gasteiger partial charge in [-0.25, -0.2) is 9.18 Å². The molecular weight excluding hydrogens is 453 g/mol. The van der Waals surface area contributed by atoms with Crippen LogP contribution in [0.15, 0.2) is 54.8 Å². The summed E-state index contributed by atoms with van der Waals surface area (Å²) >= 11 is 6.36. The molecule has 0 bridgehead atoms. The molecule has 2 aromatic carbocycles. The molecule has 0 unspecified atom stereocenters. The lowest BCUT2D eigenvalue weighted by molar-refractivity contribution is -0.122. The molecule has 0 radical (unpaired) electrons. The smallest absolute Gasteiger partial charge is 0.329 e. The Morgan fingerprint density at radius 3 is 2.64 bits per heavy atom. The number of hydrogen-bond acceptors (Lipinski definition) is 5. The fourth-order valence-electron chi connectivity index (χ4n) is 2.98. The molecule has 0 aromatic heterocycles. The van der Waals surface area contributed by atoms with Crippen molar-refractivity contribution in [1.82, 2.24) is 10.2 Å². The molecule has 0 atom stereocenters. The number of halogens is 2. The van der Waals surface area contributed by atoms with Crippen molar-refractivity contribution in [2.45, 2.75) is 6.92 Å². The van der Waals surface area contributed by atoms with Crippen LogP contribution in [-0.4, -0.2) is 42.5 Å². The van der Waals surface area contributed by atoms with Crippen molar-refractivity contribution in [3.63, 3.8) is 0 Å². The zero-order valence-corrected chi connectivity index (χ0v) is 18.4. The van der Waals surface area contributed by atoms with Crippen molar-refractivity contribution in [1.29, 1.82) is 0 Å². The first-order chi connectivity index (χ1) is 15.8. The highest BCUT2D eigenvalue weighted by Crippen LogP contribution is 2.37. The van der Waals surface area contributed by atoms with E-state index in [2.05, 4.69) is 17.2 Å². The number of nitrogens with zero attached hydrogens (tertiary/aromatic N) is 1. The molecule has 4 amide bonds. The molecule has 10 heteroatoms. The second kappa shape index (κ2) is 10.6. The summed E-state index contributed by atoms with van der Waals surface area (Å²) in [5.41, 5.74) is 0.972. The lowest BCUT2D eigenvalue weighted by atomic mass is 10.1. The van der Waals surface area contributed by atoms with E-state index in [0.29, 0.717) is 11.3 Å². The number of hydrogen-bond donors (Lipinski definition) is 2. The van der Waals surface area contributed by atoms with Crippen LogP contribution in [0.4, 0.5) is 14.9 Å². The maximum absolute atomic E-state index is 13.0. The van der Waals surface area contributed by atoms with Gasteiger partial charge in [0.25, 0.3) is 11.8 Å². The van der Waals surface area contributed by atoms with Crippen LogP contribution in [0, 0.1) is 5.82 Å². The fourth-order valence-corrected chi connectivity index (χ4v) is 3.25. The highest BCUT2D eigenvalue weighted by molar-refractivity contribution is 6.32. The molecule has 0 spiro atoms. The third-order valence-electron chi connectivity index (χ3n) is 4.39. The molecule has 8 nitrogen and oxygen atoms in total. The molecule has 1 heterocycles. The fraction of sp³-hybridized carbons (Fsp3) is 0.174. The zero-order chi connectivity index (χ0) is 24.0. The maximum atomic E-state index is 13.0. The number of carbonyl (C=O) groups is 3. The molecule has 172 valence electrons. The lowest BCUT2D eigenvalue weighted by Gasteiger charge is -2.14. The van der Waals surface area contributed by atoms with Gasteiger partial charge in [0, 0.05) is 12.2 Å². The predicted molar refractivity (Wildman–Crippen MR) is 122 cm³/mol. The molecule has 1 aliphatic heterocycles. The van der Waals surface area contributed by atoms with E-state index in [-0.39, 0.29) is 42.0 Å². The summed E-state index contributed by atoms with van der Waals surface area (Å²) in [6.45, 7) is 5.29. The quantitative estimate of drug-likeness (QED) is 0.326. The second-order valence-corrected chi connectivity index (χ2v) is 7.21. The Kier molecular flexibility index (Phi) is 7.68. The van der Waals surface area contributed by atoms with Gasteiger partial charge in [0.1, 0.15) is 11.5 Å². The van der Waals surface area contributed by atoms with Crippen molar-refractivity contribution in [2.24, 2.45) is 0 Å². The average Bonchev–Trinajstić information content (AvgIpc) is 3.02. The van der Waals surface area contributed by atoms with Crippen LogP contribution in [-0.2, 0) is 9.59 Å². The van der Waals surface area contributed by atoms with Crippen LogP contribution < -0.4 is 20.1 Å². The van der Waals surface area contributed by atoms with Gasteiger partial charge in [0.15, 0.2) is 18.1 Å². The molecular formula is C23H21ClFN3O5. The number of amides is 4. The number of urea groups is 1. The van der Waals surface area contributed by atoms with Gasteiger partial charge in [0.05, 0.1) is 11.6 Å². The largest absolute Gasteiger partial charge is 0.490 e. The van der Waals surface area contributed by atoms with E-state index in [4.69, 9.17) is 21.1 Å². The van der Waals surface area contributed by atoms with Crippen molar-refractivity contribution < 1.29 is 28.2 Å². The van der Waals surface area contributed by atoms with Crippen LogP contribution in [0.25, 0.3) is 6.08 Å². The minimum atomic E-state index is -0.547. The Hall–Kier alpha value is -3.85. The lowest BCUT2D eigenvalue weighted by Crippen LogP contribution is -2.30. The predicted octanol–water partition coefficient (Wildman–Crippen LogP) is 3.97. The van der Waals surface area contributed by atoms with E-state index in [0.717, 1.165) is 4.90 Å². The Morgan fingerprint density at radius 2 is 1.97 bits per heavy atom. The van der Waals surface area contributed by atoms with E-state index in [9.17, 15) is 18.8 Å². The third-order valence-corrected chi connectivity index (χ3v) is 4.67. The normalized spacial score (nSPS) is 14.3. The summed E-state index contributed by atoms with van der Waals surface area (Å²) in [5, 5.41) is 5.22. The number of rotatable bonds is 9. The summed E-state index contributed by atoms with van der Waals surface area (Å²) in [4.78, 5) is 37.5. The van der Waals surface area contributed by atoms with Crippen molar-refractivity contribution in [2.75, 3.05) is 25.1 Å².